The molecule has 4 nitrogen and oxygen atoms in total. The molecule has 1 aromatic heterocycles. The summed E-state index contributed by atoms with van der Waals surface area (Å²) in [7, 11) is 0. The molecule has 0 amide bonds. The van der Waals surface area contributed by atoms with E-state index in [1.165, 1.54) is 5.56 Å². The van der Waals surface area contributed by atoms with Crippen LogP contribution < -0.4 is 0 Å². The molecule has 2 heterocycles. The van der Waals surface area contributed by atoms with E-state index >= 15 is 0 Å². The number of benzene rings is 1. The number of rotatable bonds is 2. The first-order chi connectivity index (χ1) is 8.29. The Morgan fingerprint density at radius 1 is 1.29 bits per heavy atom. The molecule has 0 atom stereocenters. The smallest absolute Gasteiger partial charge is 0.170 e. The molecule has 1 aromatic carbocycles. The summed E-state index contributed by atoms with van der Waals surface area (Å²) in [4.78, 5) is 10.9. The van der Waals surface area contributed by atoms with E-state index in [1.54, 1.807) is 4.68 Å². The first-order valence-electron chi connectivity index (χ1n) is 5.50. The van der Waals surface area contributed by atoms with Gasteiger partial charge in [0.1, 0.15) is 5.69 Å². The zero-order chi connectivity index (χ0) is 11.8. The Balaban J connectivity index is 2.15. The van der Waals surface area contributed by atoms with Gasteiger partial charge in [-0.2, -0.15) is 5.10 Å². The standard InChI is InChI=1S/C13H12N2O2/c1-9-2-4-10(5-3-9)15-13-8-17-7-11(13)12(6-16)14-15/h2-6H,7-8H2,1H3. The zero-order valence-electron chi connectivity index (χ0n) is 9.51. The number of hydrogen-bond acceptors (Lipinski definition) is 3. The molecule has 2 aromatic rings. The predicted octanol–water partition coefficient (Wildman–Crippen LogP) is 2.02. The summed E-state index contributed by atoms with van der Waals surface area (Å²) < 4.78 is 7.16. The number of carbonyl (C=O) groups excluding carboxylic acids is 1. The molecular weight excluding hydrogens is 216 g/mol. The molecule has 0 saturated carbocycles. The molecule has 0 spiro atoms. The van der Waals surface area contributed by atoms with Crippen LogP contribution in [0.15, 0.2) is 24.3 Å². The SMILES string of the molecule is Cc1ccc(-n2nc(C=O)c3c2COC3)cc1. The van der Waals surface area contributed by atoms with Crippen molar-refractivity contribution in [2.75, 3.05) is 0 Å². The largest absolute Gasteiger partial charge is 0.370 e. The van der Waals surface area contributed by atoms with Crippen molar-refractivity contribution in [1.29, 1.82) is 0 Å². The van der Waals surface area contributed by atoms with E-state index in [0.717, 1.165) is 23.2 Å². The fraction of sp³-hybridized carbons (Fsp3) is 0.231. The van der Waals surface area contributed by atoms with Crippen LogP contribution in [0.5, 0.6) is 0 Å². The second-order valence-corrected chi connectivity index (χ2v) is 4.17. The van der Waals surface area contributed by atoms with E-state index in [2.05, 4.69) is 5.10 Å². The zero-order valence-corrected chi connectivity index (χ0v) is 9.51. The first kappa shape index (κ1) is 10.2. The van der Waals surface area contributed by atoms with E-state index in [0.29, 0.717) is 18.9 Å². The first-order valence-corrected chi connectivity index (χ1v) is 5.50. The van der Waals surface area contributed by atoms with Gasteiger partial charge in [-0.3, -0.25) is 4.79 Å². The number of ether oxygens (including phenoxy) is 1. The lowest BCUT2D eigenvalue weighted by molar-refractivity contribution is 0.110. The van der Waals surface area contributed by atoms with Gasteiger partial charge < -0.3 is 4.74 Å². The molecule has 0 bridgehead atoms. The minimum atomic E-state index is 0.481. The van der Waals surface area contributed by atoms with Crippen molar-refractivity contribution in [3.63, 3.8) is 0 Å². The fourth-order valence-corrected chi connectivity index (χ4v) is 2.05. The van der Waals surface area contributed by atoms with Crippen molar-refractivity contribution in [2.24, 2.45) is 0 Å². The van der Waals surface area contributed by atoms with Gasteiger partial charge in [0.15, 0.2) is 6.29 Å². The van der Waals surface area contributed by atoms with E-state index in [9.17, 15) is 4.79 Å². The number of fused-ring (bicyclic) bond motifs is 1. The van der Waals surface area contributed by atoms with E-state index in [-0.39, 0.29) is 0 Å². The Bertz CT molecular complexity index is 570. The van der Waals surface area contributed by atoms with Crippen molar-refractivity contribution in [2.45, 2.75) is 20.1 Å². The van der Waals surface area contributed by atoms with Crippen molar-refractivity contribution in [3.8, 4) is 5.69 Å². The van der Waals surface area contributed by atoms with Crippen LogP contribution in [0, 0.1) is 6.92 Å². The summed E-state index contributed by atoms with van der Waals surface area (Å²) in [5.41, 5.74) is 4.55. The van der Waals surface area contributed by atoms with Crippen LogP contribution in [-0.2, 0) is 18.0 Å². The van der Waals surface area contributed by atoms with Crippen LogP contribution in [0.1, 0.15) is 27.3 Å². The lowest BCUT2D eigenvalue weighted by Crippen LogP contribution is -2.02. The summed E-state index contributed by atoms with van der Waals surface area (Å²) in [6, 6.07) is 8.05. The Morgan fingerprint density at radius 2 is 2.06 bits per heavy atom. The third kappa shape index (κ3) is 1.57. The Kier molecular flexibility index (Phi) is 2.30. The quantitative estimate of drug-likeness (QED) is 0.739. The highest BCUT2D eigenvalue weighted by Gasteiger charge is 2.23. The maximum atomic E-state index is 10.9. The van der Waals surface area contributed by atoms with Crippen LogP contribution in [0.3, 0.4) is 0 Å². The molecule has 86 valence electrons. The van der Waals surface area contributed by atoms with Gasteiger partial charge in [0.2, 0.25) is 0 Å². The van der Waals surface area contributed by atoms with Crippen molar-refractivity contribution in [3.05, 3.63) is 46.8 Å². The summed E-state index contributed by atoms with van der Waals surface area (Å²) in [5.74, 6) is 0. The maximum absolute atomic E-state index is 10.9. The second-order valence-electron chi connectivity index (χ2n) is 4.17. The van der Waals surface area contributed by atoms with Gasteiger partial charge in [-0.1, -0.05) is 17.7 Å². The molecule has 0 saturated heterocycles. The number of nitrogens with zero attached hydrogens (tertiary/aromatic N) is 2. The Morgan fingerprint density at radius 3 is 2.76 bits per heavy atom. The molecule has 1 aliphatic rings. The summed E-state index contributed by atoms with van der Waals surface area (Å²) >= 11 is 0. The van der Waals surface area contributed by atoms with Gasteiger partial charge in [0.25, 0.3) is 0 Å². The highest BCUT2D eigenvalue weighted by Crippen LogP contribution is 2.25. The topological polar surface area (TPSA) is 44.1 Å². The predicted molar refractivity (Wildman–Crippen MR) is 62.2 cm³/mol. The highest BCUT2D eigenvalue weighted by molar-refractivity contribution is 5.75. The van der Waals surface area contributed by atoms with Gasteiger partial charge in [-0.05, 0) is 19.1 Å². The monoisotopic (exact) mass is 228 g/mol. The van der Waals surface area contributed by atoms with Gasteiger partial charge in [-0.15, -0.1) is 0 Å². The van der Waals surface area contributed by atoms with Crippen molar-refractivity contribution in [1.82, 2.24) is 9.78 Å². The van der Waals surface area contributed by atoms with Gasteiger partial charge in [0.05, 0.1) is 24.6 Å². The molecule has 3 rings (SSSR count). The minimum Gasteiger partial charge on any atom is -0.370 e. The molecular formula is C13H12N2O2. The molecule has 0 unspecified atom stereocenters. The van der Waals surface area contributed by atoms with Crippen LogP contribution in [0.4, 0.5) is 0 Å². The van der Waals surface area contributed by atoms with Gasteiger partial charge >= 0.3 is 0 Å². The fourth-order valence-electron chi connectivity index (χ4n) is 2.05. The van der Waals surface area contributed by atoms with Crippen LogP contribution in [0.2, 0.25) is 0 Å². The van der Waals surface area contributed by atoms with Crippen molar-refractivity contribution < 1.29 is 9.53 Å². The average Bonchev–Trinajstić information content (AvgIpc) is 2.91. The van der Waals surface area contributed by atoms with E-state index < -0.39 is 0 Å². The Labute approximate surface area is 98.8 Å². The second kappa shape index (κ2) is 3.82. The molecule has 0 radical (unpaired) electrons. The molecule has 17 heavy (non-hydrogen) atoms. The van der Waals surface area contributed by atoms with E-state index in [1.807, 2.05) is 31.2 Å². The lowest BCUT2D eigenvalue weighted by Gasteiger charge is -2.05. The summed E-state index contributed by atoms with van der Waals surface area (Å²) in [6.45, 7) is 3.04. The average molecular weight is 228 g/mol. The van der Waals surface area contributed by atoms with Gasteiger partial charge in [-0.25, -0.2) is 4.68 Å². The number of carbonyl (C=O) groups is 1. The maximum Gasteiger partial charge on any atom is 0.170 e. The number of hydrogen-bond donors (Lipinski definition) is 0. The minimum absolute atomic E-state index is 0.481. The van der Waals surface area contributed by atoms with Gasteiger partial charge in [0, 0.05) is 5.56 Å². The molecule has 0 fully saturated rings. The lowest BCUT2D eigenvalue weighted by atomic mass is 10.2. The number of aromatic nitrogens is 2. The van der Waals surface area contributed by atoms with Crippen LogP contribution >= 0.6 is 0 Å². The molecule has 0 aliphatic carbocycles. The summed E-state index contributed by atoms with van der Waals surface area (Å²) in [5, 5.41) is 4.32. The third-order valence-electron chi connectivity index (χ3n) is 3.00. The Hall–Kier alpha value is -1.94. The summed E-state index contributed by atoms with van der Waals surface area (Å²) in [6.07, 6.45) is 0.790. The van der Waals surface area contributed by atoms with Crippen LogP contribution in [-0.4, -0.2) is 16.1 Å². The van der Waals surface area contributed by atoms with Crippen molar-refractivity contribution >= 4 is 6.29 Å². The number of aryl methyl sites for hydroxylation is 1. The molecule has 4 heteroatoms. The molecule has 1 aliphatic heterocycles. The number of aldehydes is 1. The van der Waals surface area contributed by atoms with Crippen LogP contribution in [0.25, 0.3) is 5.69 Å². The normalized spacial score (nSPS) is 13.7. The molecule has 0 N–H and O–H groups in total. The van der Waals surface area contributed by atoms with E-state index in [4.69, 9.17) is 4.74 Å². The third-order valence-corrected chi connectivity index (χ3v) is 3.00. The highest BCUT2D eigenvalue weighted by atomic mass is 16.5.